The number of aromatic carboxylic acids is 1. The van der Waals surface area contributed by atoms with Gasteiger partial charge in [-0.3, -0.25) is 4.68 Å². The Kier molecular flexibility index (Phi) is 7.56. The molecule has 2 heterocycles. The number of hydrogen-bond donors (Lipinski definition) is 3. The largest absolute Gasteiger partial charge is 0.478 e. The van der Waals surface area contributed by atoms with Gasteiger partial charge in [0, 0.05) is 21.6 Å². The number of para-hydroxylation sites is 1. The summed E-state index contributed by atoms with van der Waals surface area (Å²) in [5, 5.41) is 19.0. The highest BCUT2D eigenvalue weighted by Crippen LogP contribution is 2.41. The molecule has 0 saturated heterocycles. The molecule has 0 unspecified atom stereocenters. The minimum Gasteiger partial charge on any atom is -0.478 e. The van der Waals surface area contributed by atoms with E-state index in [2.05, 4.69) is 57.6 Å². The zero-order chi connectivity index (χ0) is 31.7. The van der Waals surface area contributed by atoms with Crippen LogP contribution in [0.15, 0.2) is 150 Å². The molecule has 0 bridgehead atoms. The van der Waals surface area contributed by atoms with E-state index in [4.69, 9.17) is 15.8 Å². The SMILES string of the molecule is Nc1c(Nc2cc(-c3cnn(C(c4ccccc4)(c4ccccc4)c4ccccc4)c3)nc3ccccc23)cc(Br)cc1C(=O)O. The van der Waals surface area contributed by atoms with Crippen LogP contribution >= 0.6 is 15.9 Å². The van der Waals surface area contributed by atoms with E-state index in [0.29, 0.717) is 15.9 Å². The van der Waals surface area contributed by atoms with Gasteiger partial charge in [-0.1, -0.05) is 125 Å². The predicted molar refractivity (Wildman–Crippen MR) is 186 cm³/mol. The Morgan fingerprint density at radius 1 is 0.761 bits per heavy atom. The monoisotopic (exact) mass is 665 g/mol. The number of nitrogens with one attached hydrogen (secondary N) is 1. The number of hydrogen-bond acceptors (Lipinski definition) is 5. The van der Waals surface area contributed by atoms with Crippen LogP contribution in [0.3, 0.4) is 0 Å². The Morgan fingerprint density at radius 3 is 1.91 bits per heavy atom. The molecular weight excluding hydrogens is 638 g/mol. The molecule has 0 fully saturated rings. The van der Waals surface area contributed by atoms with Crippen molar-refractivity contribution in [3.05, 3.63) is 173 Å². The second-order valence-corrected chi connectivity index (χ2v) is 11.8. The summed E-state index contributed by atoms with van der Waals surface area (Å²) in [5.74, 6) is -1.10. The second-order valence-electron chi connectivity index (χ2n) is 10.9. The molecule has 224 valence electrons. The van der Waals surface area contributed by atoms with Crippen LogP contribution < -0.4 is 11.1 Å². The molecule has 0 aliphatic rings. The van der Waals surface area contributed by atoms with Crippen molar-refractivity contribution >= 4 is 49.9 Å². The smallest absolute Gasteiger partial charge is 0.337 e. The lowest BCUT2D eigenvalue weighted by atomic mass is 9.77. The molecule has 7 aromatic rings. The van der Waals surface area contributed by atoms with E-state index in [9.17, 15) is 9.90 Å². The van der Waals surface area contributed by atoms with Gasteiger partial charge in [-0.15, -0.1) is 0 Å². The van der Waals surface area contributed by atoms with Gasteiger partial charge >= 0.3 is 5.97 Å². The first-order valence-corrected chi connectivity index (χ1v) is 15.5. The molecule has 46 heavy (non-hydrogen) atoms. The number of nitrogens with two attached hydrogens (primary N) is 1. The van der Waals surface area contributed by atoms with Gasteiger partial charge in [0.05, 0.1) is 40.0 Å². The number of fused-ring (bicyclic) bond motifs is 1. The fourth-order valence-electron chi connectivity index (χ4n) is 6.04. The minimum atomic E-state index is -1.10. The summed E-state index contributed by atoms with van der Waals surface area (Å²) in [7, 11) is 0. The average molecular weight is 667 g/mol. The van der Waals surface area contributed by atoms with Crippen molar-refractivity contribution in [1.29, 1.82) is 0 Å². The van der Waals surface area contributed by atoms with Gasteiger partial charge in [-0.25, -0.2) is 9.78 Å². The summed E-state index contributed by atoms with van der Waals surface area (Å²) in [6.45, 7) is 0. The predicted octanol–water partition coefficient (Wildman–Crippen LogP) is 8.73. The molecule has 0 spiro atoms. The second kappa shape index (κ2) is 12.0. The van der Waals surface area contributed by atoms with E-state index in [1.807, 2.05) is 102 Å². The third kappa shape index (κ3) is 5.08. The highest BCUT2D eigenvalue weighted by atomic mass is 79.9. The summed E-state index contributed by atoms with van der Waals surface area (Å²) >= 11 is 3.43. The van der Waals surface area contributed by atoms with Gasteiger partial charge in [-0.2, -0.15) is 5.10 Å². The van der Waals surface area contributed by atoms with Crippen molar-refractivity contribution in [1.82, 2.24) is 14.8 Å². The third-order valence-electron chi connectivity index (χ3n) is 8.16. The number of carbonyl (C=O) groups is 1. The van der Waals surface area contributed by atoms with Crippen LogP contribution in [0.5, 0.6) is 0 Å². The molecule has 4 N–H and O–H groups in total. The summed E-state index contributed by atoms with van der Waals surface area (Å²) in [6.07, 6.45) is 3.87. The van der Waals surface area contributed by atoms with Crippen LogP contribution in [-0.4, -0.2) is 25.8 Å². The standard InChI is InChI=1S/C38H28BrN5O2/c39-29-20-31(37(45)46)36(40)35(21-29)43-34-22-33(42-32-19-11-10-18-30(32)34)25-23-41-44(24-25)38(26-12-4-1-5-13-26,27-14-6-2-7-15-27)28-16-8-3-9-17-28/h1-24H,40H2,(H,42,43)(H,45,46). The molecule has 2 aromatic heterocycles. The number of anilines is 3. The fraction of sp³-hybridized carbons (Fsp3) is 0.0263. The first kappa shape index (κ1) is 29.0. The fourth-order valence-corrected chi connectivity index (χ4v) is 6.50. The van der Waals surface area contributed by atoms with Gasteiger partial charge in [0.15, 0.2) is 0 Å². The summed E-state index contributed by atoms with van der Waals surface area (Å²) in [6, 6.07) is 44.1. The number of aromatic nitrogens is 3. The average Bonchev–Trinajstić information content (AvgIpc) is 3.58. The third-order valence-corrected chi connectivity index (χ3v) is 8.62. The normalized spacial score (nSPS) is 11.4. The minimum absolute atomic E-state index is 0.0100. The van der Waals surface area contributed by atoms with Crippen LogP contribution in [0.2, 0.25) is 0 Å². The van der Waals surface area contributed by atoms with Crippen LogP contribution in [0.4, 0.5) is 17.1 Å². The molecule has 8 heteroatoms. The van der Waals surface area contributed by atoms with Gasteiger partial charge in [-0.05, 0) is 41.0 Å². The Balaban J connectivity index is 1.41. The molecule has 0 atom stereocenters. The molecule has 0 aliphatic heterocycles. The quantitative estimate of drug-likeness (QED) is 0.111. The Labute approximate surface area is 274 Å². The molecule has 0 radical (unpaired) electrons. The van der Waals surface area contributed by atoms with Crippen LogP contribution in [0.25, 0.3) is 22.2 Å². The van der Waals surface area contributed by atoms with E-state index < -0.39 is 11.5 Å². The molecule has 0 amide bonds. The number of halogens is 1. The maximum Gasteiger partial charge on any atom is 0.337 e. The lowest BCUT2D eigenvalue weighted by molar-refractivity contribution is 0.0698. The van der Waals surface area contributed by atoms with E-state index in [1.165, 1.54) is 6.07 Å². The maximum absolute atomic E-state index is 11.9. The molecular formula is C38H28BrN5O2. The van der Waals surface area contributed by atoms with Gasteiger partial charge in [0.1, 0.15) is 5.54 Å². The van der Waals surface area contributed by atoms with Gasteiger partial charge in [0.2, 0.25) is 0 Å². The Bertz CT molecular complexity index is 2090. The van der Waals surface area contributed by atoms with E-state index >= 15 is 0 Å². The van der Waals surface area contributed by atoms with Gasteiger partial charge < -0.3 is 16.2 Å². The van der Waals surface area contributed by atoms with Gasteiger partial charge in [0.25, 0.3) is 0 Å². The highest BCUT2D eigenvalue weighted by Gasteiger charge is 2.39. The van der Waals surface area contributed by atoms with Crippen molar-refractivity contribution in [2.24, 2.45) is 0 Å². The lowest BCUT2D eigenvalue weighted by Crippen LogP contribution is -2.38. The summed E-state index contributed by atoms with van der Waals surface area (Å²) in [4.78, 5) is 16.9. The Morgan fingerprint density at radius 2 is 1.33 bits per heavy atom. The highest BCUT2D eigenvalue weighted by molar-refractivity contribution is 9.10. The van der Waals surface area contributed by atoms with Crippen molar-refractivity contribution in [3.63, 3.8) is 0 Å². The van der Waals surface area contributed by atoms with Crippen molar-refractivity contribution < 1.29 is 9.90 Å². The van der Waals surface area contributed by atoms with Crippen LogP contribution in [0, 0.1) is 0 Å². The van der Waals surface area contributed by atoms with Crippen LogP contribution in [0.1, 0.15) is 27.0 Å². The zero-order valence-electron chi connectivity index (χ0n) is 24.5. The molecule has 5 aromatic carbocycles. The molecule has 0 aliphatic carbocycles. The number of pyridine rings is 1. The number of nitrogen functional groups attached to an aromatic ring is 1. The Hall–Kier alpha value is -5.73. The first-order valence-electron chi connectivity index (χ1n) is 14.7. The molecule has 7 rings (SSSR count). The number of nitrogens with zero attached hydrogens (tertiary/aromatic N) is 3. The van der Waals surface area contributed by atoms with Crippen molar-refractivity contribution in [2.45, 2.75) is 5.54 Å². The summed E-state index contributed by atoms with van der Waals surface area (Å²) in [5.41, 5.74) is 12.4. The molecule has 0 saturated carbocycles. The lowest BCUT2D eigenvalue weighted by Gasteiger charge is -2.36. The topological polar surface area (TPSA) is 106 Å². The van der Waals surface area contributed by atoms with E-state index in [1.54, 1.807) is 6.07 Å². The zero-order valence-corrected chi connectivity index (χ0v) is 26.1. The number of carboxylic acids is 1. The number of benzene rings is 5. The maximum atomic E-state index is 11.9. The van der Waals surface area contributed by atoms with Crippen LogP contribution in [-0.2, 0) is 5.54 Å². The first-order chi connectivity index (χ1) is 22.4. The van der Waals surface area contributed by atoms with Crippen molar-refractivity contribution in [2.75, 3.05) is 11.1 Å². The number of carboxylic acid groups (broad SMARTS) is 1. The van der Waals surface area contributed by atoms with Crippen molar-refractivity contribution in [3.8, 4) is 11.3 Å². The summed E-state index contributed by atoms with van der Waals surface area (Å²) < 4.78 is 2.61. The molecule has 7 nitrogen and oxygen atoms in total. The van der Waals surface area contributed by atoms with E-state index in [0.717, 1.165) is 38.8 Å². The van der Waals surface area contributed by atoms with E-state index in [-0.39, 0.29) is 11.3 Å². The number of rotatable bonds is 8.